The van der Waals surface area contributed by atoms with Crippen LogP contribution in [0.25, 0.3) is 0 Å². The lowest BCUT2D eigenvalue weighted by molar-refractivity contribution is -0.386. The monoisotopic (exact) mass is 424 g/mol. The molecule has 0 spiro atoms. The van der Waals surface area contributed by atoms with Crippen molar-refractivity contribution in [2.24, 2.45) is 0 Å². The molecule has 0 unspecified atom stereocenters. The summed E-state index contributed by atoms with van der Waals surface area (Å²) >= 11 is 0. The smallest absolute Gasteiger partial charge is 0.315 e. The second-order valence-corrected chi connectivity index (χ2v) is 9.00. The average molecular weight is 424 g/mol. The quantitative estimate of drug-likeness (QED) is 0.453. The van der Waals surface area contributed by atoms with Crippen LogP contribution < -0.4 is 10.1 Å². The number of nitrogens with zero attached hydrogens (tertiary/aromatic N) is 1. The second-order valence-electron chi connectivity index (χ2n) is 7.01. The number of hydrogen-bond donors (Lipinski definition) is 1. The lowest BCUT2D eigenvalue weighted by Gasteiger charge is -2.14. The first-order valence-electron chi connectivity index (χ1n) is 9.47. The third-order valence-electron chi connectivity index (χ3n) is 5.03. The topological polar surface area (TPSA) is 98.5 Å². The Balaban J connectivity index is 1.77. The largest absolute Gasteiger partial charge is 0.482 e. The molecule has 3 aromatic carbocycles. The predicted octanol–water partition coefficient (Wildman–Crippen LogP) is 4.12. The van der Waals surface area contributed by atoms with Gasteiger partial charge in [0.25, 0.3) is 0 Å². The van der Waals surface area contributed by atoms with Crippen molar-refractivity contribution >= 4 is 21.2 Å². The molecule has 0 aromatic heterocycles. The molecule has 0 radical (unpaired) electrons. The van der Waals surface area contributed by atoms with Crippen LogP contribution in [0.1, 0.15) is 16.7 Å². The summed E-state index contributed by atoms with van der Waals surface area (Å²) in [4.78, 5) is 11.6. The second kappa shape index (κ2) is 8.16. The Morgan fingerprint density at radius 2 is 1.70 bits per heavy atom. The molecule has 0 saturated carbocycles. The van der Waals surface area contributed by atoms with Crippen LogP contribution in [0.4, 0.5) is 11.4 Å². The third-order valence-corrected chi connectivity index (χ3v) is 6.69. The van der Waals surface area contributed by atoms with E-state index in [1.54, 1.807) is 24.3 Å². The van der Waals surface area contributed by atoms with Gasteiger partial charge in [0.2, 0.25) is 0 Å². The fraction of sp³-hybridized carbons (Fsp3) is 0.182. The number of benzene rings is 3. The van der Waals surface area contributed by atoms with Crippen LogP contribution >= 0.6 is 0 Å². The van der Waals surface area contributed by atoms with Crippen molar-refractivity contribution in [1.82, 2.24) is 0 Å². The van der Waals surface area contributed by atoms with Gasteiger partial charge in [-0.05, 0) is 29.7 Å². The van der Waals surface area contributed by atoms with Gasteiger partial charge in [0.1, 0.15) is 6.61 Å². The zero-order valence-electron chi connectivity index (χ0n) is 16.1. The van der Waals surface area contributed by atoms with Crippen molar-refractivity contribution in [3.05, 3.63) is 93.5 Å². The van der Waals surface area contributed by atoms with E-state index in [9.17, 15) is 18.5 Å². The predicted molar refractivity (Wildman–Crippen MR) is 113 cm³/mol. The maximum atomic E-state index is 13.0. The third kappa shape index (κ3) is 3.99. The highest BCUT2D eigenvalue weighted by Gasteiger charge is 2.32. The lowest BCUT2D eigenvalue weighted by Crippen LogP contribution is -2.11. The first-order valence-corrected chi connectivity index (χ1v) is 11.1. The molecule has 154 valence electrons. The standard InChI is InChI=1S/C22H20N2O5S/c25-24(26)22-19(15-30(27,28)17-9-5-2-6-10-17)18-11-12-23-20(18)13-21(22)29-14-16-7-3-1-4-8-16/h1-10,13,23H,11-12,14-15H2. The number of fused-ring (bicyclic) bond motifs is 1. The number of nitro benzene ring substituents is 1. The molecule has 0 saturated heterocycles. The maximum Gasteiger partial charge on any atom is 0.315 e. The Kier molecular flexibility index (Phi) is 5.41. The Morgan fingerprint density at radius 3 is 2.37 bits per heavy atom. The van der Waals surface area contributed by atoms with Crippen LogP contribution in [0.2, 0.25) is 0 Å². The molecule has 0 atom stereocenters. The van der Waals surface area contributed by atoms with Crippen LogP contribution in [-0.2, 0) is 28.6 Å². The van der Waals surface area contributed by atoms with Crippen molar-refractivity contribution in [2.75, 3.05) is 11.9 Å². The number of nitro groups is 1. The molecule has 1 heterocycles. The van der Waals surface area contributed by atoms with E-state index in [2.05, 4.69) is 5.32 Å². The van der Waals surface area contributed by atoms with Crippen LogP contribution in [0.3, 0.4) is 0 Å². The summed E-state index contributed by atoms with van der Waals surface area (Å²) < 4.78 is 31.8. The Labute approximate surface area is 174 Å². The number of anilines is 1. The number of sulfone groups is 1. The van der Waals surface area contributed by atoms with E-state index in [1.165, 1.54) is 12.1 Å². The number of hydrogen-bond acceptors (Lipinski definition) is 6. The van der Waals surface area contributed by atoms with Gasteiger partial charge in [-0.2, -0.15) is 0 Å². The van der Waals surface area contributed by atoms with Gasteiger partial charge in [0.15, 0.2) is 15.6 Å². The lowest BCUT2D eigenvalue weighted by atomic mass is 10.0. The molecule has 1 aliphatic rings. The summed E-state index contributed by atoms with van der Waals surface area (Å²) in [6.45, 7) is 0.734. The number of ether oxygens (including phenoxy) is 1. The molecule has 30 heavy (non-hydrogen) atoms. The van der Waals surface area contributed by atoms with Crippen LogP contribution in [-0.4, -0.2) is 19.9 Å². The van der Waals surface area contributed by atoms with Crippen LogP contribution in [0.5, 0.6) is 5.75 Å². The van der Waals surface area contributed by atoms with Crippen LogP contribution in [0, 0.1) is 10.1 Å². The Bertz CT molecular complexity index is 1180. The van der Waals surface area contributed by atoms with E-state index in [4.69, 9.17) is 4.74 Å². The molecule has 0 fully saturated rings. The van der Waals surface area contributed by atoms with Gasteiger partial charge < -0.3 is 10.1 Å². The number of nitrogens with one attached hydrogen (secondary N) is 1. The summed E-state index contributed by atoms with van der Waals surface area (Å²) in [5.41, 5.74) is 2.11. The molecule has 0 bridgehead atoms. The van der Waals surface area contributed by atoms with Crippen molar-refractivity contribution in [3.8, 4) is 5.75 Å². The minimum absolute atomic E-state index is 0.0651. The van der Waals surface area contributed by atoms with Gasteiger partial charge >= 0.3 is 5.69 Å². The molecule has 7 nitrogen and oxygen atoms in total. The van der Waals surface area contributed by atoms with Gasteiger partial charge in [-0.25, -0.2) is 8.42 Å². The van der Waals surface area contributed by atoms with Crippen LogP contribution in [0.15, 0.2) is 71.6 Å². The average Bonchev–Trinajstić information content (AvgIpc) is 3.22. The number of rotatable bonds is 7. The van der Waals surface area contributed by atoms with Crippen molar-refractivity contribution in [2.45, 2.75) is 23.7 Å². The highest BCUT2D eigenvalue weighted by Crippen LogP contribution is 2.42. The van der Waals surface area contributed by atoms with E-state index >= 15 is 0 Å². The Hall–Kier alpha value is -3.39. The zero-order chi connectivity index (χ0) is 21.1. The molecule has 1 N–H and O–H groups in total. The minimum atomic E-state index is -3.76. The van der Waals surface area contributed by atoms with Crippen molar-refractivity contribution in [1.29, 1.82) is 0 Å². The van der Waals surface area contributed by atoms with E-state index < -0.39 is 20.5 Å². The van der Waals surface area contributed by atoms with Gasteiger partial charge in [0.05, 0.1) is 21.1 Å². The summed E-state index contributed by atoms with van der Waals surface area (Å²) in [6, 6.07) is 18.9. The summed E-state index contributed by atoms with van der Waals surface area (Å²) in [6.07, 6.45) is 0.523. The van der Waals surface area contributed by atoms with Gasteiger partial charge in [-0.1, -0.05) is 48.5 Å². The highest BCUT2D eigenvalue weighted by atomic mass is 32.2. The SMILES string of the molecule is O=[N+]([O-])c1c(OCc2ccccc2)cc2c(c1CS(=O)(=O)c1ccccc1)CCN2. The van der Waals surface area contributed by atoms with E-state index in [1.807, 2.05) is 30.3 Å². The van der Waals surface area contributed by atoms with Gasteiger partial charge in [-0.3, -0.25) is 10.1 Å². The first kappa shape index (κ1) is 19.9. The zero-order valence-corrected chi connectivity index (χ0v) is 16.9. The molecule has 4 rings (SSSR count). The molecule has 0 aliphatic carbocycles. The molecular formula is C22H20N2O5S. The summed E-state index contributed by atoms with van der Waals surface area (Å²) in [7, 11) is -3.76. The first-order chi connectivity index (χ1) is 14.5. The summed E-state index contributed by atoms with van der Waals surface area (Å²) in [5, 5.41) is 15.2. The molecule has 0 amide bonds. The molecular weight excluding hydrogens is 404 g/mol. The fourth-order valence-corrected chi connectivity index (χ4v) is 5.04. The fourth-order valence-electron chi connectivity index (χ4n) is 3.61. The Morgan fingerprint density at radius 1 is 1.03 bits per heavy atom. The minimum Gasteiger partial charge on any atom is -0.482 e. The highest BCUT2D eigenvalue weighted by molar-refractivity contribution is 7.90. The van der Waals surface area contributed by atoms with Crippen molar-refractivity contribution < 1.29 is 18.1 Å². The van der Waals surface area contributed by atoms with E-state index in [0.717, 1.165) is 5.56 Å². The molecule has 8 heteroatoms. The maximum absolute atomic E-state index is 13.0. The van der Waals surface area contributed by atoms with E-state index in [0.29, 0.717) is 24.2 Å². The van der Waals surface area contributed by atoms with Crippen molar-refractivity contribution in [3.63, 3.8) is 0 Å². The van der Waals surface area contributed by atoms with E-state index in [-0.39, 0.29) is 28.5 Å². The molecule has 3 aromatic rings. The van der Waals surface area contributed by atoms with Gasteiger partial charge in [-0.15, -0.1) is 0 Å². The normalized spacial score (nSPS) is 12.8. The molecule has 1 aliphatic heterocycles. The van der Waals surface area contributed by atoms with Gasteiger partial charge in [0, 0.05) is 18.3 Å². The summed E-state index contributed by atoms with van der Waals surface area (Å²) in [5.74, 6) is -0.393.